The summed E-state index contributed by atoms with van der Waals surface area (Å²) in [7, 11) is 1.38. The van der Waals surface area contributed by atoms with E-state index in [1.807, 2.05) is 30.3 Å². The number of ether oxygens (including phenoxy) is 1. The number of nitrogens with one attached hydrogen (secondary N) is 1. The lowest BCUT2D eigenvalue weighted by Gasteiger charge is -2.22. The van der Waals surface area contributed by atoms with E-state index in [0.29, 0.717) is 16.5 Å². The summed E-state index contributed by atoms with van der Waals surface area (Å²) >= 11 is 4.91. The maximum atomic E-state index is 12.7. The van der Waals surface area contributed by atoms with Gasteiger partial charge in [0.05, 0.1) is 19.1 Å². The molecule has 3 aromatic rings. The van der Waals surface area contributed by atoms with E-state index >= 15 is 0 Å². The lowest BCUT2D eigenvalue weighted by atomic mass is 9.83. The number of anilines is 1. The van der Waals surface area contributed by atoms with Crippen LogP contribution in [0.2, 0.25) is 0 Å². The molecule has 1 amide bonds. The smallest absolute Gasteiger partial charge is 0.341 e. The molecule has 6 heteroatoms. The molecule has 1 N–H and O–H groups in total. The van der Waals surface area contributed by atoms with Gasteiger partial charge in [0.2, 0.25) is 5.91 Å². The summed E-state index contributed by atoms with van der Waals surface area (Å²) in [5, 5.41) is 3.57. The molecule has 0 spiro atoms. The Kier molecular flexibility index (Phi) is 6.35. The van der Waals surface area contributed by atoms with Crippen LogP contribution in [0, 0.1) is 0 Å². The Labute approximate surface area is 188 Å². The van der Waals surface area contributed by atoms with Crippen LogP contribution in [-0.4, -0.2) is 19.0 Å². The number of halogens is 1. The van der Waals surface area contributed by atoms with Crippen molar-refractivity contribution in [3.8, 4) is 0 Å². The topological polar surface area (TPSA) is 55.4 Å². The third kappa shape index (κ3) is 4.50. The molecule has 1 aromatic heterocycles. The van der Waals surface area contributed by atoms with Crippen molar-refractivity contribution in [3.05, 3.63) is 86.2 Å². The van der Waals surface area contributed by atoms with E-state index in [1.165, 1.54) is 24.0 Å². The molecule has 1 heterocycles. The van der Waals surface area contributed by atoms with Gasteiger partial charge in [0.1, 0.15) is 5.00 Å². The molecule has 1 aliphatic rings. The van der Waals surface area contributed by atoms with E-state index in [0.717, 1.165) is 39.7 Å². The fourth-order valence-corrected chi connectivity index (χ4v) is 5.56. The van der Waals surface area contributed by atoms with Crippen molar-refractivity contribution in [1.29, 1.82) is 0 Å². The highest BCUT2D eigenvalue weighted by Gasteiger charge is 2.30. The zero-order valence-electron chi connectivity index (χ0n) is 16.6. The first kappa shape index (κ1) is 20.8. The summed E-state index contributed by atoms with van der Waals surface area (Å²) in [4.78, 5) is 26.3. The van der Waals surface area contributed by atoms with Gasteiger partial charge in [-0.3, -0.25) is 4.79 Å². The Bertz CT molecular complexity index is 1060. The predicted molar refractivity (Wildman–Crippen MR) is 123 cm³/mol. The molecule has 1 aliphatic carbocycles. The minimum absolute atomic E-state index is 0.138. The molecule has 2 aromatic carbocycles. The van der Waals surface area contributed by atoms with Gasteiger partial charge >= 0.3 is 5.97 Å². The summed E-state index contributed by atoms with van der Waals surface area (Å²) in [6.45, 7) is 0. The van der Waals surface area contributed by atoms with Gasteiger partial charge in [0, 0.05) is 9.35 Å². The highest BCUT2D eigenvalue weighted by molar-refractivity contribution is 9.10. The van der Waals surface area contributed by atoms with Crippen LogP contribution in [0.3, 0.4) is 0 Å². The van der Waals surface area contributed by atoms with Crippen LogP contribution in [0.4, 0.5) is 5.00 Å². The summed E-state index contributed by atoms with van der Waals surface area (Å²) in [6, 6.07) is 18.1. The van der Waals surface area contributed by atoms with Gasteiger partial charge in [-0.15, -0.1) is 11.3 Å². The Hall–Kier alpha value is -2.44. The maximum Gasteiger partial charge on any atom is 0.341 e. The van der Waals surface area contributed by atoms with Gasteiger partial charge in [0.15, 0.2) is 0 Å². The average molecular weight is 484 g/mol. The summed E-state index contributed by atoms with van der Waals surface area (Å²) in [5.41, 5.74) is 3.78. The predicted octanol–water partition coefficient (Wildman–Crippen LogP) is 5.75. The molecule has 0 unspecified atom stereocenters. The Morgan fingerprint density at radius 1 is 1.13 bits per heavy atom. The quantitative estimate of drug-likeness (QED) is 0.469. The lowest BCUT2D eigenvalue weighted by Crippen LogP contribution is -2.17. The van der Waals surface area contributed by atoms with E-state index < -0.39 is 0 Å². The van der Waals surface area contributed by atoms with Crippen molar-refractivity contribution in [2.24, 2.45) is 0 Å². The molecule has 0 bridgehead atoms. The monoisotopic (exact) mass is 483 g/mol. The third-order valence-electron chi connectivity index (χ3n) is 5.46. The normalized spacial score (nSPS) is 15.3. The Morgan fingerprint density at radius 2 is 1.87 bits per heavy atom. The van der Waals surface area contributed by atoms with E-state index in [-0.39, 0.29) is 18.3 Å². The minimum atomic E-state index is -0.385. The van der Waals surface area contributed by atoms with Crippen molar-refractivity contribution in [2.75, 3.05) is 12.4 Å². The van der Waals surface area contributed by atoms with Crippen LogP contribution in [0.25, 0.3) is 0 Å². The standard InChI is InChI=1S/C24H22BrNO3S/c1-29-24(28)22-19-12-9-17(16-5-3-2-4-6-16)14-20(19)30-23(22)26-21(27)13-15-7-10-18(25)11-8-15/h2-8,10-11,17H,9,12-14H2,1H3,(H,26,27)/t17-/m0/s1. The maximum absolute atomic E-state index is 12.7. The van der Waals surface area contributed by atoms with Crippen molar-refractivity contribution in [2.45, 2.75) is 31.6 Å². The second kappa shape index (κ2) is 9.14. The molecule has 1 atom stereocenters. The molecule has 0 saturated carbocycles. The van der Waals surface area contributed by atoms with Gasteiger partial charge in [-0.25, -0.2) is 4.79 Å². The Morgan fingerprint density at radius 3 is 2.57 bits per heavy atom. The van der Waals surface area contributed by atoms with Gasteiger partial charge in [-0.2, -0.15) is 0 Å². The average Bonchev–Trinajstić information content (AvgIpc) is 3.12. The van der Waals surface area contributed by atoms with E-state index in [9.17, 15) is 9.59 Å². The molecular weight excluding hydrogens is 462 g/mol. The minimum Gasteiger partial charge on any atom is -0.465 e. The molecule has 154 valence electrons. The van der Waals surface area contributed by atoms with Crippen molar-refractivity contribution in [1.82, 2.24) is 0 Å². The van der Waals surface area contributed by atoms with Crippen molar-refractivity contribution < 1.29 is 14.3 Å². The molecule has 4 rings (SSSR count). The van der Waals surface area contributed by atoms with E-state index in [4.69, 9.17) is 4.74 Å². The van der Waals surface area contributed by atoms with Crippen LogP contribution in [-0.2, 0) is 28.8 Å². The SMILES string of the molecule is COC(=O)c1c(NC(=O)Cc2ccc(Br)cc2)sc2c1CC[C@H](c1ccccc1)C2. The largest absolute Gasteiger partial charge is 0.465 e. The number of amides is 1. The first-order valence-corrected chi connectivity index (χ1v) is 11.5. The number of hydrogen-bond acceptors (Lipinski definition) is 4. The summed E-state index contributed by atoms with van der Waals surface area (Å²) in [6.07, 6.45) is 2.90. The van der Waals surface area contributed by atoms with Crippen LogP contribution >= 0.6 is 27.3 Å². The second-order valence-electron chi connectivity index (χ2n) is 7.40. The highest BCUT2D eigenvalue weighted by atomic mass is 79.9. The fraction of sp³-hybridized carbons (Fsp3) is 0.250. The van der Waals surface area contributed by atoms with Crippen LogP contribution in [0.15, 0.2) is 59.1 Å². The number of hydrogen-bond donors (Lipinski definition) is 1. The molecule has 0 saturated heterocycles. The number of fused-ring (bicyclic) bond motifs is 1. The molecule has 0 radical (unpaired) electrons. The van der Waals surface area contributed by atoms with Crippen molar-refractivity contribution >= 4 is 44.1 Å². The fourth-order valence-electron chi connectivity index (χ4n) is 3.96. The lowest BCUT2D eigenvalue weighted by molar-refractivity contribution is -0.115. The molecule has 4 nitrogen and oxygen atoms in total. The van der Waals surface area contributed by atoms with E-state index in [1.54, 1.807) is 0 Å². The molecular formula is C24H22BrNO3S. The number of rotatable bonds is 5. The summed E-state index contributed by atoms with van der Waals surface area (Å²) < 4.78 is 6.01. The number of esters is 1. The van der Waals surface area contributed by atoms with Gasteiger partial charge < -0.3 is 10.1 Å². The number of carbonyl (C=O) groups excluding carboxylic acids is 2. The molecule has 0 fully saturated rings. The third-order valence-corrected chi connectivity index (χ3v) is 7.16. The number of benzene rings is 2. The second-order valence-corrected chi connectivity index (χ2v) is 9.42. The molecule has 0 aliphatic heterocycles. The number of methoxy groups -OCH3 is 1. The first-order valence-electron chi connectivity index (χ1n) is 9.87. The number of thiophene rings is 1. The zero-order valence-corrected chi connectivity index (χ0v) is 19.0. The van der Waals surface area contributed by atoms with Crippen LogP contribution in [0.1, 0.15) is 44.3 Å². The molecule has 30 heavy (non-hydrogen) atoms. The zero-order chi connectivity index (χ0) is 21.1. The van der Waals surface area contributed by atoms with Gasteiger partial charge in [-0.1, -0.05) is 58.4 Å². The Balaban J connectivity index is 1.57. The van der Waals surface area contributed by atoms with Crippen LogP contribution in [0.5, 0.6) is 0 Å². The van der Waals surface area contributed by atoms with Gasteiger partial charge in [-0.05, 0) is 54.0 Å². The van der Waals surface area contributed by atoms with E-state index in [2.05, 4.69) is 45.5 Å². The first-order chi connectivity index (χ1) is 14.5. The van der Waals surface area contributed by atoms with Crippen LogP contribution < -0.4 is 5.32 Å². The number of carbonyl (C=O) groups is 2. The highest BCUT2D eigenvalue weighted by Crippen LogP contribution is 2.42. The summed E-state index contributed by atoms with van der Waals surface area (Å²) in [5.74, 6) is -0.0977. The van der Waals surface area contributed by atoms with Gasteiger partial charge in [0.25, 0.3) is 0 Å². The van der Waals surface area contributed by atoms with Crippen molar-refractivity contribution in [3.63, 3.8) is 0 Å².